The van der Waals surface area contributed by atoms with Crippen LogP contribution < -0.4 is 5.32 Å². The maximum absolute atomic E-state index is 12.3. The minimum Gasteiger partial charge on any atom is -0.384 e. The molecule has 3 aliphatic heterocycles. The summed E-state index contributed by atoms with van der Waals surface area (Å²) in [7, 11) is 4.22. The average Bonchev–Trinajstić information content (AvgIpc) is 3.27. The van der Waals surface area contributed by atoms with Crippen molar-refractivity contribution >= 4 is 34.6 Å². The van der Waals surface area contributed by atoms with Crippen LogP contribution in [0.1, 0.15) is 17.5 Å². The number of likely N-dealkylation sites (tertiary alicyclic amines) is 1. The van der Waals surface area contributed by atoms with Gasteiger partial charge in [0.05, 0.1) is 4.91 Å². The van der Waals surface area contributed by atoms with Crippen molar-refractivity contribution in [3.8, 4) is 0 Å². The Labute approximate surface area is 146 Å². The number of hydrogen-bond acceptors (Lipinski definition) is 5. The number of nitrogens with zero attached hydrogens (tertiary/aromatic N) is 3. The Morgan fingerprint density at radius 1 is 1.42 bits per heavy atom. The quantitative estimate of drug-likeness (QED) is 0.836. The highest BCUT2D eigenvalue weighted by molar-refractivity contribution is 8.18. The van der Waals surface area contributed by atoms with E-state index in [1.165, 1.54) is 23.0 Å². The van der Waals surface area contributed by atoms with Crippen LogP contribution in [0.3, 0.4) is 0 Å². The molecule has 0 unspecified atom stereocenters. The summed E-state index contributed by atoms with van der Waals surface area (Å²) in [6.07, 6.45) is 4.16. The van der Waals surface area contributed by atoms with Crippen molar-refractivity contribution in [3.63, 3.8) is 0 Å². The molecule has 6 heteroatoms. The fourth-order valence-electron chi connectivity index (χ4n) is 3.50. The smallest absolute Gasteiger partial charge is 0.286 e. The van der Waals surface area contributed by atoms with Gasteiger partial charge in [0.2, 0.25) is 0 Å². The molecule has 5 nitrogen and oxygen atoms in total. The third-order valence-electron chi connectivity index (χ3n) is 4.94. The van der Waals surface area contributed by atoms with Gasteiger partial charge in [0, 0.05) is 31.4 Å². The lowest BCUT2D eigenvalue weighted by Crippen LogP contribution is -2.33. The molecule has 1 amide bonds. The molecule has 126 valence electrons. The van der Waals surface area contributed by atoms with E-state index in [-0.39, 0.29) is 5.91 Å². The van der Waals surface area contributed by atoms with Crippen molar-refractivity contribution < 1.29 is 4.79 Å². The number of nitrogens with one attached hydrogen (secondary N) is 1. The summed E-state index contributed by atoms with van der Waals surface area (Å²) in [6.45, 7) is 2.89. The minimum absolute atomic E-state index is 0.112. The Balaban J connectivity index is 1.52. The lowest BCUT2D eigenvalue weighted by atomic mass is 10.1. The number of likely N-dealkylation sites (N-methyl/N-ethyl adjacent to an activating group) is 1. The first-order chi connectivity index (χ1) is 11.6. The van der Waals surface area contributed by atoms with E-state index in [1.807, 2.05) is 6.08 Å². The molecular weight excluding hydrogens is 320 g/mol. The number of amides is 1. The minimum atomic E-state index is -0.112. The van der Waals surface area contributed by atoms with Crippen LogP contribution in [0.25, 0.3) is 6.08 Å². The van der Waals surface area contributed by atoms with Crippen molar-refractivity contribution in [1.29, 1.82) is 0 Å². The number of aliphatic imine (C=N–C) groups is 1. The molecule has 1 atom stereocenters. The van der Waals surface area contributed by atoms with E-state index < -0.39 is 0 Å². The van der Waals surface area contributed by atoms with Gasteiger partial charge in [-0.1, -0.05) is 18.2 Å². The molecule has 1 fully saturated rings. The van der Waals surface area contributed by atoms with E-state index in [0.717, 1.165) is 48.1 Å². The molecule has 0 radical (unpaired) electrons. The van der Waals surface area contributed by atoms with Gasteiger partial charge in [0.15, 0.2) is 5.17 Å². The van der Waals surface area contributed by atoms with Gasteiger partial charge < -0.3 is 15.1 Å². The highest BCUT2D eigenvalue weighted by Gasteiger charge is 2.32. The lowest BCUT2D eigenvalue weighted by Gasteiger charge is -2.20. The van der Waals surface area contributed by atoms with Gasteiger partial charge in [-0.25, -0.2) is 0 Å². The molecular formula is C18H22N4OS. The molecule has 24 heavy (non-hydrogen) atoms. The Morgan fingerprint density at radius 3 is 3.08 bits per heavy atom. The first kappa shape index (κ1) is 15.7. The van der Waals surface area contributed by atoms with Crippen LogP contribution >= 0.6 is 11.8 Å². The van der Waals surface area contributed by atoms with Gasteiger partial charge in [-0.15, -0.1) is 0 Å². The third-order valence-corrected chi connectivity index (χ3v) is 5.98. The van der Waals surface area contributed by atoms with E-state index in [0.29, 0.717) is 6.04 Å². The molecule has 3 heterocycles. The second-order valence-electron chi connectivity index (χ2n) is 6.72. The summed E-state index contributed by atoms with van der Waals surface area (Å²) in [5.74, 6) is -0.112. The van der Waals surface area contributed by atoms with Crippen molar-refractivity contribution in [2.45, 2.75) is 18.9 Å². The number of carbonyl (C=O) groups excluding carboxylic acids is 1. The van der Waals surface area contributed by atoms with E-state index in [1.54, 1.807) is 0 Å². The van der Waals surface area contributed by atoms with Gasteiger partial charge in [0.1, 0.15) is 0 Å². The number of hydrogen-bond donors (Lipinski definition) is 1. The zero-order chi connectivity index (χ0) is 16.7. The van der Waals surface area contributed by atoms with Gasteiger partial charge in [-0.2, -0.15) is 4.99 Å². The van der Waals surface area contributed by atoms with Crippen LogP contribution in [0.4, 0.5) is 5.69 Å². The molecule has 0 aliphatic carbocycles. The number of benzene rings is 1. The number of carbonyl (C=O) groups is 1. The molecule has 0 saturated carbocycles. The van der Waals surface area contributed by atoms with E-state index in [9.17, 15) is 4.79 Å². The van der Waals surface area contributed by atoms with E-state index in [4.69, 9.17) is 0 Å². The molecule has 1 N–H and O–H groups in total. The number of rotatable bonds is 2. The van der Waals surface area contributed by atoms with Crippen molar-refractivity contribution in [3.05, 3.63) is 34.2 Å². The summed E-state index contributed by atoms with van der Waals surface area (Å²) in [5.41, 5.74) is 3.58. The fourth-order valence-corrected chi connectivity index (χ4v) is 4.44. The molecule has 0 bridgehead atoms. The molecule has 0 aromatic heterocycles. The number of amidine groups is 1. The Morgan fingerprint density at radius 2 is 2.29 bits per heavy atom. The summed E-state index contributed by atoms with van der Waals surface area (Å²) >= 11 is 1.51. The SMILES string of the molecule is CN(C)[C@H]1CCN(C2=NC(=O)/C(=C/c3cccc4c3NCC4)S2)C1. The standard InChI is InChI=1S/C18H22N4OS/c1-21(2)14-7-9-22(11-14)18-20-17(23)15(24-18)10-13-5-3-4-12-6-8-19-16(12)13/h3-5,10,14,19H,6-9,11H2,1-2H3/b15-10-/t14-/m0/s1. The van der Waals surface area contributed by atoms with Gasteiger partial charge in [0.25, 0.3) is 5.91 Å². The number of anilines is 1. The monoisotopic (exact) mass is 342 g/mol. The normalized spacial score (nSPS) is 24.7. The van der Waals surface area contributed by atoms with Crippen molar-refractivity contribution in [1.82, 2.24) is 9.80 Å². The zero-order valence-corrected chi connectivity index (χ0v) is 14.9. The highest BCUT2D eigenvalue weighted by atomic mass is 32.2. The Hall–Kier alpha value is -1.79. The van der Waals surface area contributed by atoms with Gasteiger partial charge in [-0.3, -0.25) is 4.79 Å². The van der Waals surface area contributed by atoms with Crippen LogP contribution in [0.15, 0.2) is 28.1 Å². The summed E-state index contributed by atoms with van der Waals surface area (Å²) in [4.78, 5) is 21.8. The number of para-hydroxylation sites is 1. The maximum atomic E-state index is 12.3. The topological polar surface area (TPSA) is 47.9 Å². The lowest BCUT2D eigenvalue weighted by molar-refractivity contribution is -0.113. The predicted octanol–water partition coefficient (Wildman–Crippen LogP) is 2.26. The first-order valence-corrected chi connectivity index (χ1v) is 9.23. The largest absolute Gasteiger partial charge is 0.384 e. The van der Waals surface area contributed by atoms with Crippen LogP contribution in [-0.2, 0) is 11.2 Å². The molecule has 3 aliphatic rings. The first-order valence-electron chi connectivity index (χ1n) is 8.41. The second-order valence-corrected chi connectivity index (χ2v) is 7.73. The van der Waals surface area contributed by atoms with Crippen LogP contribution in [0, 0.1) is 0 Å². The molecule has 0 spiro atoms. The maximum Gasteiger partial charge on any atom is 0.286 e. The summed E-state index contributed by atoms with van der Waals surface area (Å²) in [6, 6.07) is 6.81. The third kappa shape index (κ3) is 2.84. The van der Waals surface area contributed by atoms with Crippen molar-refractivity contribution in [2.24, 2.45) is 4.99 Å². The highest BCUT2D eigenvalue weighted by Crippen LogP contribution is 2.35. The van der Waals surface area contributed by atoms with Crippen LogP contribution in [0.2, 0.25) is 0 Å². The van der Waals surface area contributed by atoms with Gasteiger partial charge >= 0.3 is 0 Å². The molecule has 1 aromatic rings. The molecule has 1 saturated heterocycles. The Bertz CT molecular complexity index is 741. The second kappa shape index (κ2) is 6.26. The average molecular weight is 342 g/mol. The molecule has 1 aromatic carbocycles. The number of fused-ring (bicyclic) bond motifs is 1. The molecule has 4 rings (SSSR count). The predicted molar refractivity (Wildman–Crippen MR) is 100 cm³/mol. The fraction of sp³-hybridized carbons (Fsp3) is 0.444. The zero-order valence-electron chi connectivity index (χ0n) is 14.1. The number of thioether (sulfide) groups is 1. The van der Waals surface area contributed by atoms with E-state index >= 15 is 0 Å². The Kier molecular flexibility index (Phi) is 4.10. The summed E-state index contributed by atoms with van der Waals surface area (Å²) in [5, 5.41) is 4.28. The van der Waals surface area contributed by atoms with Crippen LogP contribution in [0.5, 0.6) is 0 Å². The van der Waals surface area contributed by atoms with Crippen molar-refractivity contribution in [2.75, 3.05) is 39.0 Å². The van der Waals surface area contributed by atoms with Crippen LogP contribution in [-0.4, -0.2) is 60.6 Å². The van der Waals surface area contributed by atoms with Gasteiger partial charge in [-0.05, 0) is 55.9 Å². The summed E-state index contributed by atoms with van der Waals surface area (Å²) < 4.78 is 0. The van der Waals surface area contributed by atoms with E-state index in [2.05, 4.69) is 52.4 Å².